The van der Waals surface area contributed by atoms with Gasteiger partial charge >= 0.3 is 5.97 Å². The summed E-state index contributed by atoms with van der Waals surface area (Å²) in [5, 5.41) is 12.4. The van der Waals surface area contributed by atoms with Crippen LogP contribution < -0.4 is 0 Å². The summed E-state index contributed by atoms with van der Waals surface area (Å²) in [6.07, 6.45) is 1.97. The Morgan fingerprint density at radius 3 is 2.87 bits per heavy atom. The number of rotatable bonds is 4. The number of ether oxygens (including phenoxy) is 1. The molecule has 0 atom stereocenters. The molecular weight excluding hydrogens is 350 g/mol. The first-order chi connectivity index (χ1) is 11.1. The van der Waals surface area contributed by atoms with Gasteiger partial charge in [0.15, 0.2) is 0 Å². The molecule has 4 nitrogen and oxygen atoms in total. The molecule has 3 aromatic rings. The van der Waals surface area contributed by atoms with Gasteiger partial charge in [0.25, 0.3) is 0 Å². The highest BCUT2D eigenvalue weighted by atomic mass is 32.2. The Labute approximate surface area is 145 Å². The number of hydrogen-bond donors (Lipinski definition) is 1. The number of thiazole rings is 1. The monoisotopic (exact) mass is 363 g/mol. The molecule has 0 amide bonds. The van der Waals surface area contributed by atoms with Gasteiger partial charge in [0.1, 0.15) is 15.6 Å². The lowest BCUT2D eigenvalue weighted by Crippen LogP contribution is -1.96. The van der Waals surface area contributed by atoms with Crippen molar-refractivity contribution >= 4 is 40.4 Å². The molecule has 118 valence electrons. The van der Waals surface area contributed by atoms with E-state index in [0.717, 1.165) is 26.0 Å². The maximum absolute atomic E-state index is 11.7. The first-order valence-electron chi connectivity index (χ1n) is 6.64. The Kier molecular flexibility index (Phi) is 4.70. The molecule has 0 aliphatic carbocycles. The minimum Gasteiger partial charge on any atom is -0.508 e. The van der Waals surface area contributed by atoms with Gasteiger partial charge < -0.3 is 9.84 Å². The molecule has 0 saturated carbocycles. The number of carbonyl (C=O) groups excluding carboxylic acids is 1. The first-order valence-corrected chi connectivity index (χ1v) is 9.56. The first kappa shape index (κ1) is 16.0. The van der Waals surface area contributed by atoms with Crippen molar-refractivity contribution in [1.29, 1.82) is 0 Å². The van der Waals surface area contributed by atoms with Crippen molar-refractivity contribution in [2.45, 2.75) is 4.21 Å². The largest absolute Gasteiger partial charge is 0.508 e. The summed E-state index contributed by atoms with van der Waals surface area (Å²) in [4.78, 5) is 16.9. The van der Waals surface area contributed by atoms with E-state index in [1.54, 1.807) is 30.0 Å². The molecule has 0 spiro atoms. The Bertz CT molecular complexity index is 854. The second-order valence-electron chi connectivity index (χ2n) is 4.60. The summed E-state index contributed by atoms with van der Waals surface area (Å²) < 4.78 is 5.82. The van der Waals surface area contributed by atoms with Crippen molar-refractivity contribution in [3.05, 3.63) is 40.6 Å². The summed E-state index contributed by atoms with van der Waals surface area (Å²) in [5.74, 6) is -0.119. The molecule has 0 radical (unpaired) electrons. The number of methoxy groups -OCH3 is 1. The van der Waals surface area contributed by atoms with Crippen molar-refractivity contribution in [2.24, 2.45) is 0 Å². The molecule has 2 heterocycles. The van der Waals surface area contributed by atoms with Crippen LogP contribution in [0.25, 0.3) is 21.8 Å². The number of nitrogens with zero attached hydrogens (tertiary/aromatic N) is 1. The SMILES string of the molecule is COC(=O)c1cc(-c2nc(-c3cccc(O)c3)cs2)c(SC)s1. The van der Waals surface area contributed by atoms with Gasteiger partial charge in [-0.05, 0) is 24.5 Å². The minimum absolute atomic E-state index is 0.213. The lowest BCUT2D eigenvalue weighted by atomic mass is 10.2. The van der Waals surface area contributed by atoms with Gasteiger partial charge in [0.2, 0.25) is 0 Å². The lowest BCUT2D eigenvalue weighted by Gasteiger charge is -1.98. The highest BCUT2D eigenvalue weighted by Gasteiger charge is 2.18. The zero-order chi connectivity index (χ0) is 16.4. The van der Waals surface area contributed by atoms with Gasteiger partial charge in [-0.1, -0.05) is 12.1 Å². The summed E-state index contributed by atoms with van der Waals surface area (Å²) in [6, 6.07) is 8.83. The zero-order valence-electron chi connectivity index (χ0n) is 12.4. The number of esters is 1. The van der Waals surface area contributed by atoms with Crippen LogP contribution in [0, 0.1) is 0 Å². The average molecular weight is 363 g/mol. The molecule has 1 N–H and O–H groups in total. The standard InChI is InChI=1S/C16H13NO3S3/c1-20-15(19)13-7-11(16(21-2)23-13)14-17-12(8-22-14)9-4-3-5-10(18)6-9/h3-8,18H,1-2H3. The van der Waals surface area contributed by atoms with E-state index in [1.165, 1.54) is 29.8 Å². The molecule has 0 unspecified atom stereocenters. The van der Waals surface area contributed by atoms with Crippen LogP contribution in [-0.2, 0) is 4.74 Å². The normalized spacial score (nSPS) is 10.7. The van der Waals surface area contributed by atoms with Crippen LogP contribution in [0.4, 0.5) is 0 Å². The van der Waals surface area contributed by atoms with Crippen LogP contribution in [0.5, 0.6) is 5.75 Å². The molecule has 0 aliphatic heterocycles. The van der Waals surface area contributed by atoms with Gasteiger partial charge in [-0.2, -0.15) is 0 Å². The van der Waals surface area contributed by atoms with E-state index in [9.17, 15) is 9.90 Å². The quantitative estimate of drug-likeness (QED) is 0.535. The van der Waals surface area contributed by atoms with E-state index in [4.69, 9.17) is 4.74 Å². The van der Waals surface area contributed by atoms with Crippen LogP contribution in [0.3, 0.4) is 0 Å². The van der Waals surface area contributed by atoms with E-state index in [-0.39, 0.29) is 11.7 Å². The number of hydrogen-bond acceptors (Lipinski definition) is 7. The molecule has 0 fully saturated rings. The smallest absolute Gasteiger partial charge is 0.348 e. The summed E-state index contributed by atoms with van der Waals surface area (Å²) >= 11 is 4.51. The van der Waals surface area contributed by atoms with E-state index in [0.29, 0.717) is 4.88 Å². The molecular formula is C16H13NO3S3. The topological polar surface area (TPSA) is 59.4 Å². The number of aromatic hydroxyl groups is 1. The number of thioether (sulfide) groups is 1. The number of thiophene rings is 1. The van der Waals surface area contributed by atoms with Gasteiger partial charge in [-0.15, -0.1) is 34.4 Å². The fourth-order valence-electron chi connectivity index (χ4n) is 2.07. The predicted octanol–water partition coefficient (Wildman–Crippen LogP) is 4.75. The van der Waals surface area contributed by atoms with Crippen molar-refractivity contribution in [2.75, 3.05) is 13.4 Å². The van der Waals surface area contributed by atoms with Crippen LogP contribution in [0.2, 0.25) is 0 Å². The third-order valence-corrected chi connectivity index (χ3v) is 6.27. The predicted molar refractivity (Wildman–Crippen MR) is 95.6 cm³/mol. The van der Waals surface area contributed by atoms with E-state index < -0.39 is 0 Å². The number of benzene rings is 1. The van der Waals surface area contributed by atoms with E-state index in [2.05, 4.69) is 4.98 Å². The summed E-state index contributed by atoms with van der Waals surface area (Å²) in [6.45, 7) is 0. The third kappa shape index (κ3) is 3.26. The zero-order valence-corrected chi connectivity index (χ0v) is 14.8. The summed E-state index contributed by atoms with van der Waals surface area (Å²) in [7, 11) is 1.38. The Morgan fingerprint density at radius 2 is 2.17 bits per heavy atom. The minimum atomic E-state index is -0.332. The van der Waals surface area contributed by atoms with Gasteiger partial charge in [0, 0.05) is 16.5 Å². The summed E-state index contributed by atoms with van der Waals surface area (Å²) in [5.41, 5.74) is 2.61. The highest BCUT2D eigenvalue weighted by molar-refractivity contribution is 8.00. The third-order valence-electron chi connectivity index (χ3n) is 3.15. The highest BCUT2D eigenvalue weighted by Crippen LogP contribution is 2.40. The molecule has 0 saturated heterocycles. The van der Waals surface area contributed by atoms with Crippen LogP contribution in [0.15, 0.2) is 39.9 Å². The molecule has 0 aliphatic rings. The molecule has 7 heteroatoms. The number of carbonyl (C=O) groups is 1. The number of aromatic nitrogens is 1. The molecule has 2 aromatic heterocycles. The fourth-order valence-corrected chi connectivity index (χ4v) is 4.84. The van der Waals surface area contributed by atoms with Gasteiger partial charge in [-0.3, -0.25) is 0 Å². The van der Waals surface area contributed by atoms with Gasteiger partial charge in [0.05, 0.1) is 17.0 Å². The molecule has 1 aromatic carbocycles. The van der Waals surface area contributed by atoms with Crippen molar-refractivity contribution in [3.63, 3.8) is 0 Å². The number of phenols is 1. The maximum atomic E-state index is 11.7. The molecule has 0 bridgehead atoms. The van der Waals surface area contributed by atoms with Crippen molar-refractivity contribution < 1.29 is 14.6 Å². The van der Waals surface area contributed by atoms with E-state index >= 15 is 0 Å². The Balaban J connectivity index is 2.00. The van der Waals surface area contributed by atoms with Crippen LogP contribution >= 0.6 is 34.4 Å². The fraction of sp³-hybridized carbons (Fsp3) is 0.125. The second-order valence-corrected chi connectivity index (χ2v) is 7.58. The van der Waals surface area contributed by atoms with Crippen LogP contribution in [0.1, 0.15) is 9.67 Å². The molecule has 23 heavy (non-hydrogen) atoms. The number of phenolic OH excluding ortho intramolecular Hbond substituents is 1. The second kappa shape index (κ2) is 6.74. The average Bonchev–Trinajstić information content (AvgIpc) is 3.20. The Hall–Kier alpha value is -1.83. The maximum Gasteiger partial charge on any atom is 0.348 e. The van der Waals surface area contributed by atoms with Crippen molar-refractivity contribution in [3.8, 4) is 27.6 Å². The Morgan fingerprint density at radius 1 is 1.35 bits per heavy atom. The lowest BCUT2D eigenvalue weighted by molar-refractivity contribution is 0.0606. The van der Waals surface area contributed by atoms with Gasteiger partial charge in [-0.25, -0.2) is 9.78 Å². The van der Waals surface area contributed by atoms with E-state index in [1.807, 2.05) is 23.8 Å². The van der Waals surface area contributed by atoms with Crippen molar-refractivity contribution in [1.82, 2.24) is 4.98 Å². The van der Waals surface area contributed by atoms with Crippen LogP contribution in [-0.4, -0.2) is 29.4 Å². The molecule has 3 rings (SSSR count).